The Balaban J connectivity index is 1.24. The van der Waals surface area contributed by atoms with E-state index in [1.807, 2.05) is 0 Å². The van der Waals surface area contributed by atoms with Gasteiger partial charge in [-0.15, -0.1) is 0 Å². The highest BCUT2D eigenvalue weighted by atomic mass is 19.1. The number of para-hydroxylation sites is 1. The number of aliphatic hydroxyl groups excluding tert-OH is 1. The van der Waals surface area contributed by atoms with Crippen LogP contribution < -0.4 is 76.5 Å². The van der Waals surface area contributed by atoms with Crippen molar-refractivity contribution in [3.8, 4) is 0 Å². The minimum absolute atomic E-state index is 0.0117. The molecule has 7 rings (SSSR count). The number of guanidine groups is 2. The third-order valence-electron chi connectivity index (χ3n) is 17.3. The zero-order valence-corrected chi connectivity index (χ0v) is 53.7. The van der Waals surface area contributed by atoms with Crippen LogP contribution in [0.5, 0.6) is 0 Å². The molecule has 0 unspecified atom stereocenters. The van der Waals surface area contributed by atoms with E-state index in [1.165, 1.54) is 53.1 Å². The van der Waals surface area contributed by atoms with Crippen LogP contribution >= 0.6 is 0 Å². The number of amides is 12. The van der Waals surface area contributed by atoms with Crippen molar-refractivity contribution in [2.45, 2.75) is 176 Å². The molecule has 2 saturated heterocycles. The molecule has 32 nitrogen and oxygen atoms in total. The fraction of sp³-hybridized carbons (Fsp3) is 0.524. The molecule has 3 fully saturated rings. The van der Waals surface area contributed by atoms with E-state index in [1.54, 1.807) is 30.5 Å². The van der Waals surface area contributed by atoms with Gasteiger partial charge in [0.25, 0.3) is 0 Å². The molecule has 520 valence electrons. The largest absolute Gasteiger partial charge is 0.394 e. The number of aliphatic imine (C=N–C) groups is 2. The summed E-state index contributed by atoms with van der Waals surface area (Å²) in [6.07, 6.45) is 5.41. The Hall–Kier alpha value is -10.2. The summed E-state index contributed by atoms with van der Waals surface area (Å²) in [5, 5.41) is 34.3. The number of likely N-dealkylation sites (tertiary alicyclic amines) is 1. The summed E-state index contributed by atoms with van der Waals surface area (Å²) < 4.78 is 14.9. The lowest BCUT2D eigenvalue weighted by Crippen LogP contribution is -2.67. The van der Waals surface area contributed by atoms with E-state index < -0.39 is 156 Å². The van der Waals surface area contributed by atoms with E-state index >= 15 is 14.4 Å². The highest BCUT2D eigenvalue weighted by Crippen LogP contribution is 2.34. The quantitative estimate of drug-likeness (QED) is 0.0157. The number of benzene rings is 2. The Kier molecular flexibility index (Phi) is 26.1. The number of aromatic nitrogens is 1. The molecule has 0 radical (unpaired) electrons. The first kappa shape index (κ1) is 73.2. The average molecular weight is 1340 g/mol. The second-order valence-electron chi connectivity index (χ2n) is 24.4. The maximum absolute atomic E-state index is 15.3. The molecule has 0 bridgehead atoms. The van der Waals surface area contributed by atoms with Crippen molar-refractivity contribution in [3.63, 3.8) is 0 Å². The second kappa shape index (κ2) is 34.3. The van der Waals surface area contributed by atoms with Gasteiger partial charge in [0.05, 0.1) is 6.61 Å². The maximum atomic E-state index is 15.3. The number of nitrogens with one attached hydrogen (secondary N) is 10. The second-order valence-corrected chi connectivity index (χ2v) is 24.4. The van der Waals surface area contributed by atoms with Crippen molar-refractivity contribution < 1.29 is 67.0 Å². The van der Waals surface area contributed by atoms with Crippen LogP contribution in [0.4, 0.5) is 4.39 Å². The Morgan fingerprint density at radius 2 is 1.40 bits per heavy atom. The zero-order valence-electron chi connectivity index (χ0n) is 53.7. The Morgan fingerprint density at radius 3 is 2.05 bits per heavy atom. The molecule has 96 heavy (non-hydrogen) atoms. The van der Waals surface area contributed by atoms with Crippen molar-refractivity contribution >= 4 is 93.7 Å². The molecule has 3 aromatic rings. The van der Waals surface area contributed by atoms with Crippen LogP contribution in [0, 0.1) is 5.82 Å². The van der Waals surface area contributed by atoms with E-state index in [9.17, 15) is 52.6 Å². The third-order valence-corrected chi connectivity index (χ3v) is 17.3. The number of carbonyl (C=O) groups is 12. The Labute approximate surface area is 552 Å². The number of aliphatic hydroxyl groups is 1. The van der Waals surface area contributed by atoms with E-state index in [-0.39, 0.29) is 114 Å². The molecule has 4 aliphatic rings. The van der Waals surface area contributed by atoms with E-state index in [2.05, 4.69) is 62.8 Å². The van der Waals surface area contributed by atoms with E-state index in [0.717, 1.165) is 6.92 Å². The van der Waals surface area contributed by atoms with Gasteiger partial charge in [-0.1, -0.05) is 42.5 Å². The number of nitrogens with zero attached hydrogens (tertiary/aromatic N) is 4. The first-order valence-corrected chi connectivity index (χ1v) is 32.1. The minimum Gasteiger partial charge on any atom is -0.394 e. The smallest absolute Gasteiger partial charge is 0.246 e. The van der Waals surface area contributed by atoms with Crippen molar-refractivity contribution in [1.29, 1.82) is 0 Å². The molecule has 2 aromatic carbocycles. The fourth-order valence-corrected chi connectivity index (χ4v) is 12.1. The first-order chi connectivity index (χ1) is 45.8. The molecule has 33 heteroatoms. The lowest BCUT2D eigenvalue weighted by molar-refractivity contribution is -0.146. The van der Waals surface area contributed by atoms with Crippen molar-refractivity contribution in [2.75, 3.05) is 32.8 Å². The summed E-state index contributed by atoms with van der Waals surface area (Å²) in [4.78, 5) is 183. The molecule has 3 aliphatic heterocycles. The van der Waals surface area contributed by atoms with Crippen LogP contribution in [0.2, 0.25) is 0 Å². The summed E-state index contributed by atoms with van der Waals surface area (Å²) in [7, 11) is 0. The van der Waals surface area contributed by atoms with Crippen LogP contribution in [-0.2, 0) is 70.4 Å². The molecule has 1 spiro atoms. The highest BCUT2D eigenvalue weighted by molar-refractivity contribution is 6.01. The summed E-state index contributed by atoms with van der Waals surface area (Å²) in [6.45, 7) is 1.83. The van der Waals surface area contributed by atoms with Gasteiger partial charge in [-0.3, -0.25) is 67.5 Å². The van der Waals surface area contributed by atoms with Gasteiger partial charge in [0.1, 0.15) is 71.8 Å². The molecule has 1 aliphatic carbocycles. The van der Waals surface area contributed by atoms with Gasteiger partial charge in [0.15, 0.2) is 11.9 Å². The van der Waals surface area contributed by atoms with Crippen molar-refractivity contribution in [2.24, 2.45) is 38.7 Å². The third kappa shape index (κ3) is 19.9. The first-order valence-electron chi connectivity index (χ1n) is 32.1. The predicted octanol–water partition coefficient (Wildman–Crippen LogP) is -4.03. The van der Waals surface area contributed by atoms with Gasteiger partial charge in [0, 0.05) is 63.0 Å². The number of hydrogen-bond donors (Lipinski definition) is 16. The number of halogens is 1. The standard InChI is InChI=1S/C63H88FN19O13/c1-34(73-55(91)47(33-84)74-35(2)85)51(87)76-43(20-9-26-71-62(68)69)52(88)78-45(31-37-32-72-40-16-4-3-15-39(37)40)54(90)77-42-17-5-6-18-44(58(94)82-27-10-21-48(82)56(92)75-41(50(65)86)19-8-25-70-61(66)67)80-60(96)63(23-12-24-63)81-57(93)49-22-11-28-83(49)59(95)46(79-53(42)89)30-36-13-7-14-38(64)29-36/h3-7,13-16,29,32,34,41-49,72,84H,8-12,17-28,30-31,33H2,1-2H3,(H2,65,86)(H,73,91)(H,74,85)(H,75,92)(H,76,87)(H,77,90)(H,78,88)(H,79,89)(H,80,96)(H,81,93)(H4,66,67,70)(H4,68,69,71)/b6-5-/t34-,41-,42-,43-,44-,45-,46-,47-,48-,49-/m0/s1. The van der Waals surface area contributed by atoms with Crippen molar-refractivity contribution in [3.05, 3.63) is 83.8 Å². The van der Waals surface area contributed by atoms with Crippen LogP contribution in [0.1, 0.15) is 108 Å². The van der Waals surface area contributed by atoms with Crippen molar-refractivity contribution in [1.82, 2.24) is 62.6 Å². The van der Waals surface area contributed by atoms with Gasteiger partial charge >= 0.3 is 0 Å². The van der Waals surface area contributed by atoms with Crippen LogP contribution in [-0.4, -0.2) is 201 Å². The number of fused-ring (bicyclic) bond motifs is 2. The number of rotatable bonds is 26. The fourth-order valence-electron chi connectivity index (χ4n) is 12.1. The topological polar surface area (TPSA) is 510 Å². The van der Waals surface area contributed by atoms with Gasteiger partial charge in [0.2, 0.25) is 70.9 Å². The lowest BCUT2D eigenvalue weighted by atomic mass is 9.75. The zero-order chi connectivity index (χ0) is 69.8. The van der Waals surface area contributed by atoms with Crippen LogP contribution in [0.15, 0.2) is 76.9 Å². The normalized spacial score (nSPS) is 21.5. The van der Waals surface area contributed by atoms with Crippen LogP contribution in [0.3, 0.4) is 0 Å². The molecule has 1 aromatic heterocycles. The molecule has 4 heterocycles. The van der Waals surface area contributed by atoms with Crippen LogP contribution in [0.25, 0.3) is 10.9 Å². The van der Waals surface area contributed by atoms with Gasteiger partial charge in [-0.05, 0) is 120 Å². The van der Waals surface area contributed by atoms with Gasteiger partial charge in [-0.2, -0.15) is 0 Å². The predicted molar refractivity (Wildman–Crippen MR) is 348 cm³/mol. The maximum Gasteiger partial charge on any atom is 0.246 e. The summed E-state index contributed by atoms with van der Waals surface area (Å²) >= 11 is 0. The number of carbonyl (C=O) groups excluding carboxylic acids is 12. The molecular weight excluding hydrogens is 1250 g/mol. The SMILES string of the molecule is CC(=O)N[C@@H](CO)C(=O)N[C@@H](C)C(=O)N[C@@H](CCCN=C(N)N)C(=O)N[C@@H](Cc1c[nH]c2ccccc12)C(=O)N[C@H]1C/C=C\C[C@@H](C(=O)N2CCC[C@H]2C(=O)N[C@@H](CCCN=C(N)N)C(N)=O)NC(=O)C2(CCC2)NC(=O)[C@@H]2CCCN2C(=O)[C@H](Cc2cccc(F)c2)NC1=O. The lowest BCUT2D eigenvalue weighted by Gasteiger charge is -2.43. The molecule has 1 saturated carbocycles. The van der Waals surface area contributed by atoms with E-state index in [0.29, 0.717) is 35.7 Å². The molecule has 21 N–H and O–H groups in total. The Morgan fingerprint density at radius 1 is 0.729 bits per heavy atom. The number of primary amides is 1. The number of aromatic amines is 1. The summed E-state index contributed by atoms with van der Waals surface area (Å²) in [5.41, 5.74) is 27.6. The van der Waals surface area contributed by atoms with E-state index in [4.69, 9.17) is 28.7 Å². The monoisotopic (exact) mass is 1340 g/mol. The summed E-state index contributed by atoms with van der Waals surface area (Å²) in [6, 6.07) is -1.43. The molecule has 12 amide bonds. The average Bonchev–Trinajstić information content (AvgIpc) is 1.13. The number of H-pyrrole nitrogens is 1. The minimum atomic E-state index is -1.64. The highest BCUT2D eigenvalue weighted by Gasteiger charge is 2.50. The summed E-state index contributed by atoms with van der Waals surface area (Å²) in [5.74, 6) is -10.7. The number of nitrogens with two attached hydrogens (primary N) is 5. The van der Waals surface area contributed by atoms with Gasteiger partial charge in [-0.25, -0.2) is 4.39 Å². The van der Waals surface area contributed by atoms with Gasteiger partial charge < -0.3 is 96.4 Å². The Bertz CT molecular complexity index is 3460. The number of hydrogen-bond acceptors (Lipinski definition) is 15. The molecule has 10 atom stereocenters. The molecular formula is C63H88FN19O13.